The van der Waals surface area contributed by atoms with Crippen LogP contribution in [0.4, 0.5) is 5.82 Å². The van der Waals surface area contributed by atoms with E-state index in [1.54, 1.807) is 5.48 Å². The lowest BCUT2D eigenvalue weighted by atomic mass is 10.2. The molecule has 2 rings (SSSR count). The molecule has 0 amide bonds. The Kier molecular flexibility index (Phi) is 3.82. The molecule has 8 heteroatoms. The van der Waals surface area contributed by atoms with Crippen LogP contribution < -0.4 is 11.2 Å². The summed E-state index contributed by atoms with van der Waals surface area (Å²) in [5.41, 5.74) is 1.13. The van der Waals surface area contributed by atoms with Crippen molar-refractivity contribution in [2.75, 3.05) is 12.1 Å². The van der Waals surface area contributed by atoms with E-state index < -0.39 is 24.1 Å². The fraction of sp³-hybridized carbons (Fsp3) is 0.455. The Balaban J connectivity index is 2.41. The summed E-state index contributed by atoms with van der Waals surface area (Å²) in [6.07, 6.45) is 4.24. The lowest BCUT2D eigenvalue weighted by Gasteiger charge is -2.17. The van der Waals surface area contributed by atoms with E-state index in [2.05, 4.69) is 10.9 Å². The van der Waals surface area contributed by atoms with Gasteiger partial charge in [0.2, 0.25) is 0 Å². The third kappa shape index (κ3) is 2.45. The summed E-state index contributed by atoms with van der Waals surface area (Å²) >= 11 is 0. The van der Waals surface area contributed by atoms with Crippen molar-refractivity contribution in [3.05, 3.63) is 22.2 Å². The average Bonchev–Trinajstić information content (AvgIpc) is 2.79. The van der Waals surface area contributed by atoms with Gasteiger partial charge in [0.25, 0.3) is 0 Å². The van der Waals surface area contributed by atoms with Gasteiger partial charge in [-0.2, -0.15) is 4.98 Å². The third-order valence-electron chi connectivity index (χ3n) is 2.86. The molecule has 0 unspecified atom stereocenters. The molecule has 0 radical (unpaired) electrons. The van der Waals surface area contributed by atoms with E-state index in [0.717, 1.165) is 4.57 Å². The van der Waals surface area contributed by atoms with E-state index in [0.29, 0.717) is 0 Å². The number of terminal acetylenes is 1. The fourth-order valence-corrected chi connectivity index (χ4v) is 1.94. The molecule has 3 atom stereocenters. The van der Waals surface area contributed by atoms with Crippen LogP contribution in [0.5, 0.6) is 0 Å². The number of aliphatic hydroxyl groups excluding tert-OH is 2. The van der Waals surface area contributed by atoms with Crippen molar-refractivity contribution >= 4 is 5.82 Å². The third-order valence-corrected chi connectivity index (χ3v) is 2.86. The van der Waals surface area contributed by atoms with Crippen molar-refractivity contribution in [1.82, 2.24) is 9.55 Å². The van der Waals surface area contributed by atoms with Gasteiger partial charge in [0.05, 0.1) is 18.3 Å². The molecule has 1 aromatic heterocycles. The Bertz CT molecular complexity index is 564. The highest BCUT2D eigenvalue weighted by molar-refractivity contribution is 5.49. The van der Waals surface area contributed by atoms with Crippen LogP contribution in [-0.2, 0) is 4.74 Å². The number of aromatic nitrogens is 2. The highest BCUT2D eigenvalue weighted by Crippen LogP contribution is 2.27. The van der Waals surface area contributed by atoms with Gasteiger partial charge in [-0.3, -0.25) is 15.3 Å². The first-order valence-electron chi connectivity index (χ1n) is 5.55. The molecular weight excluding hydrogens is 254 g/mol. The summed E-state index contributed by atoms with van der Waals surface area (Å²) in [4.78, 5) is 15.3. The number of nitrogens with zero attached hydrogens (tertiary/aromatic N) is 2. The molecule has 0 spiro atoms. The minimum absolute atomic E-state index is 0.144. The topological polar surface area (TPSA) is 117 Å². The van der Waals surface area contributed by atoms with Crippen molar-refractivity contribution in [3.63, 3.8) is 0 Å². The monoisotopic (exact) mass is 267 g/mol. The minimum Gasteiger partial charge on any atom is -0.394 e. The molecule has 1 fully saturated rings. The number of anilines is 1. The first kappa shape index (κ1) is 13.5. The normalized spacial score (nSPS) is 26.1. The Morgan fingerprint density at radius 1 is 1.68 bits per heavy atom. The number of nitrogens with one attached hydrogen (secondary N) is 1. The van der Waals surface area contributed by atoms with Crippen molar-refractivity contribution in [2.45, 2.75) is 24.9 Å². The Labute approximate surface area is 108 Å². The molecule has 0 aromatic carbocycles. The summed E-state index contributed by atoms with van der Waals surface area (Å²) < 4.78 is 6.37. The Morgan fingerprint density at radius 3 is 2.95 bits per heavy atom. The van der Waals surface area contributed by atoms with Gasteiger partial charge in [-0.15, -0.1) is 6.42 Å². The molecule has 1 aliphatic heterocycles. The smallest absolute Gasteiger partial charge is 0.351 e. The highest BCUT2D eigenvalue weighted by Gasteiger charge is 2.35. The summed E-state index contributed by atoms with van der Waals surface area (Å²) in [6, 6.07) is 0. The molecule has 1 aromatic rings. The van der Waals surface area contributed by atoms with Gasteiger partial charge in [0.1, 0.15) is 6.10 Å². The van der Waals surface area contributed by atoms with Crippen LogP contribution >= 0.6 is 0 Å². The lowest BCUT2D eigenvalue weighted by molar-refractivity contribution is -0.0530. The SMILES string of the molecule is C#Cc1cn([C@@H]2O[C@H](CO)C[C@H]2O)c(=O)nc1NO. The minimum atomic E-state index is -0.961. The van der Waals surface area contributed by atoms with Gasteiger partial charge in [-0.25, -0.2) is 4.79 Å². The van der Waals surface area contributed by atoms with Crippen LogP contribution in [0.25, 0.3) is 0 Å². The van der Waals surface area contributed by atoms with Crippen molar-refractivity contribution in [2.24, 2.45) is 0 Å². The first-order valence-corrected chi connectivity index (χ1v) is 5.55. The lowest BCUT2D eigenvalue weighted by Crippen LogP contribution is -2.32. The maximum atomic E-state index is 11.8. The van der Waals surface area contributed by atoms with Crippen LogP contribution in [-0.4, -0.2) is 43.8 Å². The molecule has 102 valence electrons. The second-order valence-electron chi connectivity index (χ2n) is 4.08. The second-order valence-corrected chi connectivity index (χ2v) is 4.08. The molecule has 4 N–H and O–H groups in total. The predicted octanol–water partition coefficient (Wildman–Crippen LogP) is -1.33. The van der Waals surface area contributed by atoms with E-state index in [9.17, 15) is 9.90 Å². The molecule has 1 saturated heterocycles. The van der Waals surface area contributed by atoms with Crippen LogP contribution in [0.1, 0.15) is 18.2 Å². The molecule has 0 saturated carbocycles. The van der Waals surface area contributed by atoms with Crippen molar-refractivity contribution in [1.29, 1.82) is 0 Å². The largest absolute Gasteiger partial charge is 0.394 e. The van der Waals surface area contributed by atoms with Crippen LogP contribution in [0, 0.1) is 12.3 Å². The maximum absolute atomic E-state index is 11.8. The Hall–Kier alpha value is -1.92. The standard InChI is InChI=1S/C11H13N3O5/c1-2-6-4-14(11(17)12-9(6)13-18)10-8(16)3-7(5-15)19-10/h1,4,7-8,10,15-16,18H,3,5H2,(H,12,13,17)/t7-,8+,10+/m0/s1. The average molecular weight is 267 g/mol. The number of aliphatic hydroxyl groups is 2. The van der Waals surface area contributed by atoms with Crippen LogP contribution in [0.15, 0.2) is 11.0 Å². The fourth-order valence-electron chi connectivity index (χ4n) is 1.94. The van der Waals surface area contributed by atoms with Crippen LogP contribution in [0.3, 0.4) is 0 Å². The van der Waals surface area contributed by atoms with Gasteiger partial charge in [0.15, 0.2) is 12.0 Å². The summed E-state index contributed by atoms with van der Waals surface area (Å²) in [6.45, 7) is -0.256. The zero-order valence-corrected chi connectivity index (χ0v) is 9.85. The summed E-state index contributed by atoms with van der Waals surface area (Å²) in [5, 5.41) is 27.6. The predicted molar refractivity (Wildman–Crippen MR) is 63.5 cm³/mol. The summed E-state index contributed by atoms with van der Waals surface area (Å²) in [5.74, 6) is 2.10. The van der Waals surface area contributed by atoms with Crippen molar-refractivity contribution < 1.29 is 20.2 Å². The van der Waals surface area contributed by atoms with Gasteiger partial charge in [-0.1, -0.05) is 5.92 Å². The highest BCUT2D eigenvalue weighted by atomic mass is 16.5. The number of rotatable bonds is 3. The molecule has 0 bridgehead atoms. The molecule has 0 aliphatic carbocycles. The van der Waals surface area contributed by atoms with Crippen molar-refractivity contribution in [3.8, 4) is 12.3 Å². The number of hydrogen-bond donors (Lipinski definition) is 4. The van der Waals surface area contributed by atoms with Gasteiger partial charge < -0.3 is 14.9 Å². The van der Waals surface area contributed by atoms with E-state index in [1.165, 1.54) is 6.20 Å². The first-order chi connectivity index (χ1) is 9.10. The van der Waals surface area contributed by atoms with E-state index in [4.69, 9.17) is 21.5 Å². The maximum Gasteiger partial charge on any atom is 0.351 e. The summed E-state index contributed by atoms with van der Waals surface area (Å²) in [7, 11) is 0. The molecule has 1 aliphatic rings. The molecule has 2 heterocycles. The zero-order valence-electron chi connectivity index (χ0n) is 9.85. The van der Waals surface area contributed by atoms with E-state index >= 15 is 0 Å². The van der Waals surface area contributed by atoms with E-state index in [1.807, 2.05) is 0 Å². The quantitative estimate of drug-likeness (QED) is 0.396. The van der Waals surface area contributed by atoms with Gasteiger partial charge in [-0.05, 0) is 0 Å². The molecular formula is C11H13N3O5. The molecule has 19 heavy (non-hydrogen) atoms. The number of ether oxygens (including phenoxy) is 1. The zero-order chi connectivity index (χ0) is 14.0. The molecule has 8 nitrogen and oxygen atoms in total. The number of hydrogen-bond acceptors (Lipinski definition) is 7. The van der Waals surface area contributed by atoms with Gasteiger partial charge in [0, 0.05) is 12.6 Å². The van der Waals surface area contributed by atoms with E-state index in [-0.39, 0.29) is 24.4 Å². The van der Waals surface area contributed by atoms with Gasteiger partial charge >= 0.3 is 5.69 Å². The Morgan fingerprint density at radius 2 is 2.42 bits per heavy atom. The second kappa shape index (κ2) is 5.38. The van der Waals surface area contributed by atoms with Crippen LogP contribution in [0.2, 0.25) is 0 Å².